The topological polar surface area (TPSA) is 53.6 Å². The van der Waals surface area contributed by atoms with Gasteiger partial charge >= 0.3 is 7.12 Å². The summed E-state index contributed by atoms with van der Waals surface area (Å²) in [7, 11) is -1.46. The average molecular weight is 322 g/mol. The van der Waals surface area contributed by atoms with Crippen molar-refractivity contribution in [1.82, 2.24) is 0 Å². The van der Waals surface area contributed by atoms with Gasteiger partial charge in [0.15, 0.2) is 0 Å². The molecule has 2 N–H and O–H groups in total. The molecule has 0 bridgehead atoms. The molecule has 3 nitrogen and oxygen atoms in total. The Bertz CT molecular complexity index is 790. The Kier molecular flexibility index (Phi) is 5.39. The van der Waals surface area contributed by atoms with E-state index >= 15 is 0 Å². The van der Waals surface area contributed by atoms with Crippen molar-refractivity contribution in [1.29, 1.82) is 0 Å². The maximum atomic E-state index is 9.27. The fourth-order valence-corrected chi connectivity index (χ4v) is 2.96. The second-order valence-electron chi connectivity index (χ2n) is 6.29. The van der Waals surface area contributed by atoms with Crippen molar-refractivity contribution in [2.24, 2.45) is 0 Å². The number of rotatable bonds is 7. The van der Waals surface area contributed by atoms with Crippen LogP contribution in [0.25, 0.3) is 22.3 Å². The lowest BCUT2D eigenvalue weighted by Gasteiger charge is -2.02. The highest BCUT2D eigenvalue weighted by atomic mass is 16.4. The quantitative estimate of drug-likeness (QED) is 0.512. The van der Waals surface area contributed by atoms with Crippen LogP contribution < -0.4 is 5.46 Å². The van der Waals surface area contributed by atoms with Gasteiger partial charge in [0.1, 0.15) is 11.3 Å². The lowest BCUT2D eigenvalue weighted by Crippen LogP contribution is -2.29. The second-order valence-corrected chi connectivity index (χ2v) is 6.29. The van der Waals surface area contributed by atoms with E-state index < -0.39 is 7.12 Å². The van der Waals surface area contributed by atoms with Crippen LogP contribution in [0.3, 0.4) is 0 Å². The smallest absolute Gasteiger partial charge is 0.456 e. The highest BCUT2D eigenvalue weighted by molar-refractivity contribution is 6.58. The van der Waals surface area contributed by atoms with E-state index in [0.29, 0.717) is 5.46 Å². The van der Waals surface area contributed by atoms with Crippen LogP contribution in [0.5, 0.6) is 0 Å². The third-order valence-corrected chi connectivity index (χ3v) is 4.40. The number of benzene rings is 2. The largest absolute Gasteiger partial charge is 0.488 e. The molecule has 1 heterocycles. The van der Waals surface area contributed by atoms with Crippen LogP contribution in [0.15, 0.2) is 52.9 Å². The number of unbranched alkanes of at least 4 members (excludes halogenated alkanes) is 3. The van der Waals surface area contributed by atoms with Crippen LogP contribution in [-0.4, -0.2) is 17.2 Å². The van der Waals surface area contributed by atoms with Gasteiger partial charge in [-0.3, -0.25) is 0 Å². The lowest BCUT2D eigenvalue weighted by molar-refractivity contribution is 0.426. The summed E-state index contributed by atoms with van der Waals surface area (Å²) in [5, 5.41) is 19.4. The fourth-order valence-electron chi connectivity index (χ4n) is 2.96. The first kappa shape index (κ1) is 16.8. The number of fused-ring (bicyclic) bond motifs is 1. The molecule has 24 heavy (non-hydrogen) atoms. The Morgan fingerprint density at radius 3 is 2.42 bits per heavy atom. The normalized spacial score (nSPS) is 11.1. The van der Waals surface area contributed by atoms with E-state index in [4.69, 9.17) is 4.42 Å². The van der Waals surface area contributed by atoms with Crippen LogP contribution in [0.2, 0.25) is 0 Å². The number of furan rings is 1. The van der Waals surface area contributed by atoms with E-state index in [0.717, 1.165) is 28.7 Å². The summed E-state index contributed by atoms with van der Waals surface area (Å²) in [5.41, 5.74) is 3.61. The van der Waals surface area contributed by atoms with Crippen LogP contribution >= 0.6 is 0 Å². The van der Waals surface area contributed by atoms with Crippen molar-refractivity contribution < 1.29 is 14.5 Å². The standard InChI is InChI=1S/C20H23BO3/c1-2-3-4-5-6-15-7-9-16(10-8-15)20-14-17-13-18(21(22)23)11-12-19(17)24-20/h7-14,22-23H,2-6H2,1H3. The maximum absolute atomic E-state index is 9.27. The first-order chi connectivity index (χ1) is 11.7. The molecule has 3 aromatic rings. The van der Waals surface area contributed by atoms with Crippen molar-refractivity contribution in [2.75, 3.05) is 0 Å². The molecular weight excluding hydrogens is 299 g/mol. The predicted octanol–water partition coefficient (Wildman–Crippen LogP) is 3.90. The zero-order valence-corrected chi connectivity index (χ0v) is 14.0. The molecule has 2 aromatic carbocycles. The summed E-state index contributed by atoms with van der Waals surface area (Å²) >= 11 is 0. The Morgan fingerprint density at radius 2 is 1.71 bits per heavy atom. The van der Waals surface area contributed by atoms with Crippen LogP contribution in [0, 0.1) is 0 Å². The molecule has 0 saturated heterocycles. The molecule has 0 unspecified atom stereocenters. The molecular formula is C20H23BO3. The Hall–Kier alpha value is -2.04. The number of hydrogen-bond acceptors (Lipinski definition) is 3. The van der Waals surface area contributed by atoms with Gasteiger partial charge in [-0.25, -0.2) is 0 Å². The predicted molar refractivity (Wildman–Crippen MR) is 99.3 cm³/mol. The Labute approximate surface area is 143 Å². The van der Waals surface area contributed by atoms with Gasteiger partial charge in [-0.05, 0) is 36.0 Å². The first-order valence-corrected chi connectivity index (χ1v) is 8.66. The molecule has 0 aliphatic heterocycles. The molecule has 0 saturated carbocycles. The SMILES string of the molecule is CCCCCCc1ccc(-c2cc3cc(B(O)O)ccc3o2)cc1. The molecule has 0 amide bonds. The van der Waals surface area contributed by atoms with Gasteiger partial charge in [0, 0.05) is 10.9 Å². The number of hydrogen-bond donors (Lipinski definition) is 2. The molecule has 0 spiro atoms. The zero-order valence-electron chi connectivity index (χ0n) is 14.0. The summed E-state index contributed by atoms with van der Waals surface area (Å²) < 4.78 is 5.88. The lowest BCUT2D eigenvalue weighted by atomic mass is 9.80. The molecule has 0 radical (unpaired) electrons. The van der Waals surface area contributed by atoms with E-state index in [-0.39, 0.29) is 0 Å². The van der Waals surface area contributed by atoms with E-state index in [9.17, 15) is 10.0 Å². The molecule has 0 aliphatic carbocycles. The van der Waals surface area contributed by atoms with Crippen molar-refractivity contribution in [3.05, 3.63) is 54.1 Å². The van der Waals surface area contributed by atoms with E-state index in [1.165, 1.54) is 31.2 Å². The second kappa shape index (κ2) is 7.69. The first-order valence-electron chi connectivity index (χ1n) is 8.66. The summed E-state index contributed by atoms with van der Waals surface area (Å²) in [6.07, 6.45) is 6.23. The van der Waals surface area contributed by atoms with Crippen LogP contribution in [0.4, 0.5) is 0 Å². The summed E-state index contributed by atoms with van der Waals surface area (Å²) in [6, 6.07) is 15.6. The van der Waals surface area contributed by atoms with Gasteiger partial charge in [-0.2, -0.15) is 0 Å². The van der Waals surface area contributed by atoms with E-state index in [1.807, 2.05) is 6.07 Å². The Balaban J connectivity index is 1.75. The van der Waals surface area contributed by atoms with E-state index in [1.54, 1.807) is 18.2 Å². The minimum absolute atomic E-state index is 0.470. The number of aryl methyl sites for hydroxylation is 1. The fraction of sp³-hybridized carbons (Fsp3) is 0.300. The molecule has 0 aliphatic rings. The van der Waals surface area contributed by atoms with Crippen molar-refractivity contribution in [3.63, 3.8) is 0 Å². The minimum Gasteiger partial charge on any atom is -0.456 e. The molecule has 0 atom stereocenters. The van der Waals surface area contributed by atoms with Crippen molar-refractivity contribution in [2.45, 2.75) is 39.0 Å². The summed E-state index contributed by atoms with van der Waals surface area (Å²) in [6.45, 7) is 2.23. The third-order valence-electron chi connectivity index (χ3n) is 4.40. The van der Waals surface area contributed by atoms with Gasteiger partial charge in [-0.15, -0.1) is 0 Å². The summed E-state index contributed by atoms with van der Waals surface area (Å²) in [5.74, 6) is 0.798. The van der Waals surface area contributed by atoms with Crippen LogP contribution in [-0.2, 0) is 6.42 Å². The zero-order chi connectivity index (χ0) is 16.9. The minimum atomic E-state index is -1.46. The molecule has 124 valence electrons. The van der Waals surface area contributed by atoms with Crippen molar-refractivity contribution >= 4 is 23.6 Å². The third kappa shape index (κ3) is 3.89. The van der Waals surface area contributed by atoms with Gasteiger partial charge in [-0.1, -0.05) is 62.6 Å². The average Bonchev–Trinajstić information content (AvgIpc) is 3.02. The summed E-state index contributed by atoms with van der Waals surface area (Å²) in [4.78, 5) is 0. The van der Waals surface area contributed by atoms with Gasteiger partial charge in [0.2, 0.25) is 0 Å². The molecule has 1 aromatic heterocycles. The highest BCUT2D eigenvalue weighted by Crippen LogP contribution is 2.27. The monoisotopic (exact) mass is 322 g/mol. The molecule has 3 rings (SSSR count). The van der Waals surface area contributed by atoms with Crippen molar-refractivity contribution in [3.8, 4) is 11.3 Å². The van der Waals surface area contributed by atoms with E-state index in [2.05, 4.69) is 31.2 Å². The van der Waals surface area contributed by atoms with Gasteiger partial charge in [0.05, 0.1) is 0 Å². The molecule has 0 fully saturated rings. The van der Waals surface area contributed by atoms with Gasteiger partial charge < -0.3 is 14.5 Å². The Morgan fingerprint density at radius 1 is 0.917 bits per heavy atom. The maximum Gasteiger partial charge on any atom is 0.488 e. The van der Waals surface area contributed by atoms with Crippen LogP contribution in [0.1, 0.15) is 38.2 Å². The van der Waals surface area contributed by atoms with Gasteiger partial charge in [0.25, 0.3) is 0 Å². The molecule has 4 heteroatoms. The highest BCUT2D eigenvalue weighted by Gasteiger charge is 2.13.